The molecular weight excluding hydrogens is 406 g/mol. The van der Waals surface area contributed by atoms with Crippen LogP contribution in [0, 0.1) is 52.9 Å². The summed E-state index contributed by atoms with van der Waals surface area (Å²) < 4.78 is 4.51. The maximum absolute atomic E-state index is 13.4. The zero-order valence-corrected chi connectivity index (χ0v) is 20.6. The van der Waals surface area contributed by atoms with Crippen LogP contribution < -0.4 is 0 Å². The van der Waals surface area contributed by atoms with Crippen molar-refractivity contribution in [1.82, 2.24) is 9.13 Å². The standard InChI is InChI=1S/C29H33N3O/c1-18-11-12-28(19(2)13-18)32-20(3)14-24(22(32)5)16-25(17-30)29(33)27-15-21(4)31(23(27)6)26-9-7-8-10-26/h11-16,26H,7-10H2,1-6H3/b25-16+. The lowest BCUT2D eigenvalue weighted by Crippen LogP contribution is -2.10. The van der Waals surface area contributed by atoms with Gasteiger partial charge in [0.25, 0.3) is 0 Å². The molecule has 1 fully saturated rings. The second-order valence-electron chi connectivity index (χ2n) is 9.54. The average Bonchev–Trinajstić information content (AvgIpc) is 3.45. The third-order valence-electron chi connectivity index (χ3n) is 7.15. The second-order valence-corrected chi connectivity index (χ2v) is 9.54. The number of hydrogen-bond acceptors (Lipinski definition) is 2. The maximum Gasteiger partial charge on any atom is 0.205 e. The molecule has 33 heavy (non-hydrogen) atoms. The normalized spacial score (nSPS) is 14.6. The summed E-state index contributed by atoms with van der Waals surface area (Å²) in [5, 5.41) is 9.90. The molecule has 2 aromatic heterocycles. The average molecular weight is 440 g/mol. The van der Waals surface area contributed by atoms with Crippen molar-refractivity contribution in [2.24, 2.45) is 0 Å². The number of carbonyl (C=O) groups excluding carboxylic acids is 1. The van der Waals surface area contributed by atoms with Crippen LogP contribution in [0.25, 0.3) is 11.8 Å². The number of ketones is 1. The molecule has 0 spiro atoms. The van der Waals surface area contributed by atoms with Crippen LogP contribution in [0.2, 0.25) is 0 Å². The van der Waals surface area contributed by atoms with Gasteiger partial charge in [-0.05, 0) is 89.8 Å². The molecule has 0 radical (unpaired) electrons. The van der Waals surface area contributed by atoms with Gasteiger partial charge in [0.2, 0.25) is 5.78 Å². The number of hydrogen-bond donors (Lipinski definition) is 0. The van der Waals surface area contributed by atoms with Crippen molar-refractivity contribution in [3.05, 3.63) is 80.9 Å². The molecule has 1 aliphatic rings. The Morgan fingerprint density at radius 2 is 1.67 bits per heavy atom. The van der Waals surface area contributed by atoms with Crippen LogP contribution in [-0.4, -0.2) is 14.9 Å². The Kier molecular flexibility index (Phi) is 6.17. The fourth-order valence-electron chi connectivity index (χ4n) is 5.54. The van der Waals surface area contributed by atoms with Gasteiger partial charge in [-0.25, -0.2) is 0 Å². The van der Waals surface area contributed by atoms with Crippen molar-refractivity contribution in [2.45, 2.75) is 73.3 Å². The summed E-state index contributed by atoms with van der Waals surface area (Å²) >= 11 is 0. The van der Waals surface area contributed by atoms with E-state index in [0.29, 0.717) is 11.6 Å². The smallest absolute Gasteiger partial charge is 0.205 e. The molecule has 0 unspecified atom stereocenters. The Hall–Kier alpha value is -3.32. The minimum Gasteiger partial charge on any atom is -0.345 e. The first-order valence-electron chi connectivity index (χ1n) is 11.8. The van der Waals surface area contributed by atoms with Gasteiger partial charge in [0.15, 0.2) is 0 Å². The van der Waals surface area contributed by atoms with Crippen LogP contribution in [0.5, 0.6) is 0 Å². The van der Waals surface area contributed by atoms with Gasteiger partial charge in [-0.3, -0.25) is 4.79 Å². The number of benzene rings is 1. The number of aromatic nitrogens is 2. The molecule has 4 nitrogen and oxygen atoms in total. The number of nitriles is 1. The maximum atomic E-state index is 13.4. The summed E-state index contributed by atoms with van der Waals surface area (Å²) in [6.07, 6.45) is 6.56. The van der Waals surface area contributed by atoms with Crippen molar-refractivity contribution in [3.8, 4) is 11.8 Å². The molecule has 1 saturated carbocycles. The molecule has 1 aromatic carbocycles. The molecule has 4 heteroatoms. The highest BCUT2D eigenvalue weighted by Crippen LogP contribution is 2.34. The van der Waals surface area contributed by atoms with Gasteiger partial charge in [0, 0.05) is 40.1 Å². The fraction of sp³-hybridized carbons (Fsp3) is 0.379. The van der Waals surface area contributed by atoms with Gasteiger partial charge < -0.3 is 9.13 Å². The molecule has 0 N–H and O–H groups in total. The van der Waals surface area contributed by atoms with Crippen molar-refractivity contribution in [2.75, 3.05) is 0 Å². The molecule has 0 amide bonds. The van der Waals surface area contributed by atoms with Crippen molar-refractivity contribution < 1.29 is 4.79 Å². The SMILES string of the molecule is Cc1ccc(-n2c(C)cc(/C=C(\C#N)C(=O)c3cc(C)n(C4CCCC4)c3C)c2C)c(C)c1. The fourth-order valence-corrected chi connectivity index (χ4v) is 5.54. The highest BCUT2D eigenvalue weighted by atomic mass is 16.1. The number of Topliss-reactive ketones (excluding diaryl/α,β-unsaturated/α-hetero) is 1. The Morgan fingerprint density at radius 3 is 2.30 bits per heavy atom. The summed E-state index contributed by atoms with van der Waals surface area (Å²) in [6, 6.07) is 13.1. The largest absolute Gasteiger partial charge is 0.345 e. The molecular formula is C29H33N3O. The predicted molar refractivity (Wildman–Crippen MR) is 134 cm³/mol. The Morgan fingerprint density at radius 1 is 0.970 bits per heavy atom. The van der Waals surface area contributed by atoms with E-state index in [2.05, 4.69) is 67.2 Å². The predicted octanol–water partition coefficient (Wildman–Crippen LogP) is 7.03. The number of aryl methyl sites for hydroxylation is 4. The zero-order chi connectivity index (χ0) is 23.9. The van der Waals surface area contributed by atoms with E-state index in [1.165, 1.54) is 24.0 Å². The number of nitrogens with zero attached hydrogens (tertiary/aromatic N) is 3. The molecule has 3 aromatic rings. The minimum atomic E-state index is -0.189. The van der Waals surface area contributed by atoms with E-state index >= 15 is 0 Å². The van der Waals surface area contributed by atoms with Gasteiger partial charge in [0.1, 0.15) is 11.6 Å². The second kappa shape index (κ2) is 8.90. The molecule has 0 atom stereocenters. The zero-order valence-electron chi connectivity index (χ0n) is 20.6. The molecule has 0 saturated heterocycles. The first-order valence-corrected chi connectivity index (χ1v) is 11.8. The van der Waals surface area contributed by atoms with E-state index < -0.39 is 0 Å². The summed E-state index contributed by atoms with van der Waals surface area (Å²) in [4.78, 5) is 13.4. The van der Waals surface area contributed by atoms with Crippen LogP contribution in [0.4, 0.5) is 0 Å². The summed E-state index contributed by atoms with van der Waals surface area (Å²) in [5.41, 5.74) is 9.47. The van der Waals surface area contributed by atoms with Crippen LogP contribution in [0.1, 0.15) is 81.5 Å². The number of carbonyl (C=O) groups is 1. The van der Waals surface area contributed by atoms with Crippen molar-refractivity contribution >= 4 is 11.9 Å². The highest BCUT2D eigenvalue weighted by molar-refractivity contribution is 6.14. The first-order chi connectivity index (χ1) is 15.7. The number of allylic oxidation sites excluding steroid dienone is 1. The van der Waals surface area contributed by atoms with Gasteiger partial charge in [-0.15, -0.1) is 0 Å². The minimum absolute atomic E-state index is 0.183. The molecule has 4 rings (SSSR count). The Bertz CT molecular complexity index is 1300. The first kappa shape index (κ1) is 22.9. The van der Waals surface area contributed by atoms with E-state index in [-0.39, 0.29) is 11.4 Å². The topological polar surface area (TPSA) is 50.7 Å². The molecule has 0 bridgehead atoms. The van der Waals surface area contributed by atoms with E-state index in [0.717, 1.165) is 46.9 Å². The lowest BCUT2D eigenvalue weighted by atomic mass is 10.0. The molecule has 0 aliphatic heterocycles. The van der Waals surface area contributed by atoms with Crippen LogP contribution in [-0.2, 0) is 0 Å². The van der Waals surface area contributed by atoms with Crippen LogP contribution >= 0.6 is 0 Å². The molecule has 2 heterocycles. The lowest BCUT2D eigenvalue weighted by Gasteiger charge is -2.17. The quantitative estimate of drug-likeness (QED) is 0.243. The monoisotopic (exact) mass is 439 g/mol. The summed E-state index contributed by atoms with van der Waals surface area (Å²) in [6.45, 7) is 12.4. The Labute approximate surface area is 197 Å². The molecule has 1 aliphatic carbocycles. The van der Waals surface area contributed by atoms with Gasteiger partial charge in [0.05, 0.1) is 0 Å². The van der Waals surface area contributed by atoms with Crippen LogP contribution in [0.3, 0.4) is 0 Å². The highest BCUT2D eigenvalue weighted by Gasteiger charge is 2.25. The lowest BCUT2D eigenvalue weighted by molar-refractivity contribution is 0.103. The third kappa shape index (κ3) is 4.09. The van der Waals surface area contributed by atoms with E-state index in [1.54, 1.807) is 6.08 Å². The molecule has 170 valence electrons. The van der Waals surface area contributed by atoms with Crippen molar-refractivity contribution in [1.29, 1.82) is 5.26 Å². The number of rotatable bonds is 5. The summed E-state index contributed by atoms with van der Waals surface area (Å²) in [7, 11) is 0. The van der Waals surface area contributed by atoms with Crippen molar-refractivity contribution in [3.63, 3.8) is 0 Å². The van der Waals surface area contributed by atoms with E-state index in [4.69, 9.17) is 0 Å². The van der Waals surface area contributed by atoms with Crippen LogP contribution in [0.15, 0.2) is 35.9 Å². The Balaban J connectivity index is 1.73. The van der Waals surface area contributed by atoms with E-state index in [9.17, 15) is 10.1 Å². The van der Waals surface area contributed by atoms with Gasteiger partial charge in [-0.1, -0.05) is 30.5 Å². The van der Waals surface area contributed by atoms with Gasteiger partial charge in [-0.2, -0.15) is 5.26 Å². The van der Waals surface area contributed by atoms with E-state index in [1.807, 2.05) is 19.9 Å². The summed E-state index contributed by atoms with van der Waals surface area (Å²) in [5.74, 6) is -0.189. The third-order valence-corrected chi connectivity index (χ3v) is 7.15. The van der Waals surface area contributed by atoms with Gasteiger partial charge >= 0.3 is 0 Å².